The molecular weight excluding hydrogens is 538 g/mol. The Labute approximate surface area is 250 Å². The molecule has 0 radical (unpaired) electrons. The molecule has 8 nitrogen and oxygen atoms in total. The number of fused-ring (bicyclic) bond motifs is 3. The number of H-pyrrole nitrogens is 1. The Bertz CT molecular complexity index is 1810. The number of rotatable bonds is 9. The molecule has 1 N–H and O–H groups in total. The first kappa shape index (κ1) is 27.2. The van der Waals surface area contributed by atoms with Crippen LogP contribution in [0, 0.1) is 0 Å². The second-order valence-corrected chi connectivity index (χ2v) is 11.1. The quantitative estimate of drug-likeness (QED) is 0.240. The Kier molecular flexibility index (Phi) is 7.28. The molecule has 218 valence electrons. The van der Waals surface area contributed by atoms with Gasteiger partial charge >= 0.3 is 0 Å². The van der Waals surface area contributed by atoms with Gasteiger partial charge in [-0.05, 0) is 66.2 Å². The number of anilines is 1. The van der Waals surface area contributed by atoms with E-state index in [4.69, 9.17) is 19.4 Å². The van der Waals surface area contributed by atoms with Gasteiger partial charge in [-0.2, -0.15) is 0 Å². The average Bonchev–Trinajstić information content (AvgIpc) is 3.68. The number of aromatic amines is 1. The molecule has 7 rings (SSSR count). The van der Waals surface area contributed by atoms with Gasteiger partial charge in [-0.15, -0.1) is 0 Å². The molecule has 0 aliphatic carbocycles. The van der Waals surface area contributed by atoms with E-state index >= 15 is 0 Å². The highest BCUT2D eigenvalue weighted by Gasteiger charge is 2.37. The molecule has 1 unspecified atom stereocenters. The predicted molar refractivity (Wildman–Crippen MR) is 169 cm³/mol. The summed E-state index contributed by atoms with van der Waals surface area (Å²) >= 11 is 0. The summed E-state index contributed by atoms with van der Waals surface area (Å²) in [6.45, 7) is 9.06. The van der Waals surface area contributed by atoms with Crippen molar-refractivity contribution in [2.45, 2.75) is 32.9 Å². The molecule has 43 heavy (non-hydrogen) atoms. The summed E-state index contributed by atoms with van der Waals surface area (Å²) in [6, 6.07) is 21.8. The van der Waals surface area contributed by atoms with E-state index in [2.05, 4.69) is 40.8 Å². The van der Waals surface area contributed by atoms with Crippen LogP contribution < -0.4 is 19.8 Å². The number of hydrogen-bond donors (Lipinski definition) is 1. The van der Waals surface area contributed by atoms with Gasteiger partial charge in [0.15, 0.2) is 5.43 Å². The zero-order chi connectivity index (χ0) is 29.3. The number of ether oxygens (including phenoxy) is 2. The van der Waals surface area contributed by atoms with Crippen LogP contribution >= 0.6 is 0 Å². The maximum Gasteiger partial charge on any atom is 0.226 e. The SMILES string of the molecule is CCN(CC)CCOc1ccc(-c2cnc(N3Cc4c([nH]c5ccccc5c4=O)C3c3ccc4c(c3)CCO4)nc2)cc1. The maximum atomic E-state index is 13.6. The summed E-state index contributed by atoms with van der Waals surface area (Å²) in [7, 11) is 0. The Morgan fingerprint density at radius 2 is 1.79 bits per heavy atom. The lowest BCUT2D eigenvalue weighted by Crippen LogP contribution is -2.27. The Morgan fingerprint density at radius 1 is 1.00 bits per heavy atom. The third-order valence-electron chi connectivity index (χ3n) is 8.64. The van der Waals surface area contributed by atoms with Crippen molar-refractivity contribution in [3.63, 3.8) is 0 Å². The molecule has 2 aliphatic heterocycles. The lowest BCUT2D eigenvalue weighted by molar-refractivity contribution is 0.223. The van der Waals surface area contributed by atoms with Crippen molar-refractivity contribution in [3.8, 4) is 22.6 Å². The highest BCUT2D eigenvalue weighted by molar-refractivity contribution is 5.80. The van der Waals surface area contributed by atoms with E-state index < -0.39 is 0 Å². The topological polar surface area (TPSA) is 83.6 Å². The van der Waals surface area contributed by atoms with Crippen LogP contribution in [0.15, 0.2) is 83.9 Å². The van der Waals surface area contributed by atoms with Gasteiger partial charge in [0.2, 0.25) is 5.95 Å². The second kappa shape index (κ2) is 11.5. The summed E-state index contributed by atoms with van der Waals surface area (Å²) in [5.74, 6) is 2.36. The van der Waals surface area contributed by atoms with Crippen LogP contribution in [0.5, 0.6) is 11.5 Å². The fraction of sp³-hybridized carbons (Fsp3) is 0.286. The maximum absolute atomic E-state index is 13.6. The first-order chi connectivity index (χ1) is 21.1. The normalized spacial score (nSPS) is 15.5. The minimum Gasteiger partial charge on any atom is -0.493 e. The van der Waals surface area contributed by atoms with Crippen molar-refractivity contribution >= 4 is 16.9 Å². The van der Waals surface area contributed by atoms with Gasteiger partial charge in [-0.3, -0.25) is 4.79 Å². The number of pyridine rings is 1. The van der Waals surface area contributed by atoms with Gasteiger partial charge in [0.25, 0.3) is 0 Å². The smallest absolute Gasteiger partial charge is 0.226 e. The number of aromatic nitrogens is 3. The van der Waals surface area contributed by atoms with E-state index in [1.54, 1.807) is 0 Å². The summed E-state index contributed by atoms with van der Waals surface area (Å²) in [6.07, 6.45) is 4.59. The Morgan fingerprint density at radius 3 is 2.58 bits per heavy atom. The minimum absolute atomic E-state index is 0.0531. The molecule has 8 heteroatoms. The Balaban J connectivity index is 1.18. The summed E-state index contributed by atoms with van der Waals surface area (Å²) < 4.78 is 11.7. The Hall–Kier alpha value is -4.69. The van der Waals surface area contributed by atoms with E-state index in [1.165, 1.54) is 5.56 Å². The number of para-hydroxylation sites is 1. The largest absolute Gasteiger partial charge is 0.493 e. The molecule has 0 saturated carbocycles. The highest BCUT2D eigenvalue weighted by atomic mass is 16.5. The molecular formula is C35H35N5O3. The summed E-state index contributed by atoms with van der Waals surface area (Å²) in [4.78, 5) is 31.3. The molecule has 1 atom stereocenters. The van der Waals surface area contributed by atoms with E-state index in [0.717, 1.165) is 71.0 Å². The first-order valence-corrected chi connectivity index (χ1v) is 15.1. The number of nitrogens with one attached hydrogen (secondary N) is 1. The van der Waals surface area contributed by atoms with E-state index in [9.17, 15) is 4.79 Å². The van der Waals surface area contributed by atoms with Gasteiger partial charge in [-0.1, -0.05) is 44.2 Å². The third kappa shape index (κ3) is 5.12. The molecule has 0 spiro atoms. The number of nitrogens with zero attached hydrogens (tertiary/aromatic N) is 4. The summed E-state index contributed by atoms with van der Waals surface area (Å²) in [5.41, 5.74) is 6.74. The van der Waals surface area contributed by atoms with E-state index in [-0.39, 0.29) is 11.5 Å². The van der Waals surface area contributed by atoms with Crippen LogP contribution in [0.4, 0.5) is 5.95 Å². The van der Waals surface area contributed by atoms with Gasteiger partial charge in [0.1, 0.15) is 18.1 Å². The molecule has 0 saturated heterocycles. The number of benzene rings is 3. The second-order valence-electron chi connectivity index (χ2n) is 11.1. The zero-order valence-corrected chi connectivity index (χ0v) is 24.5. The minimum atomic E-state index is -0.225. The molecule has 2 aromatic heterocycles. The van der Waals surface area contributed by atoms with Gasteiger partial charge < -0.3 is 24.3 Å². The van der Waals surface area contributed by atoms with Crippen molar-refractivity contribution in [2.75, 3.05) is 37.7 Å². The number of hydrogen-bond acceptors (Lipinski definition) is 7. The van der Waals surface area contributed by atoms with Crippen LogP contribution in [0.1, 0.15) is 42.3 Å². The van der Waals surface area contributed by atoms with Crippen molar-refractivity contribution in [1.29, 1.82) is 0 Å². The third-order valence-corrected chi connectivity index (χ3v) is 8.64. The van der Waals surface area contributed by atoms with Gasteiger partial charge in [0, 0.05) is 47.4 Å². The molecule has 5 aromatic rings. The van der Waals surface area contributed by atoms with Crippen LogP contribution in [0.3, 0.4) is 0 Å². The van der Waals surface area contributed by atoms with Gasteiger partial charge in [-0.25, -0.2) is 9.97 Å². The van der Waals surface area contributed by atoms with Crippen LogP contribution in [0.25, 0.3) is 22.0 Å². The predicted octanol–water partition coefficient (Wildman–Crippen LogP) is 5.75. The van der Waals surface area contributed by atoms with Crippen LogP contribution in [-0.2, 0) is 13.0 Å². The lowest BCUT2D eigenvalue weighted by Gasteiger charge is -2.26. The fourth-order valence-corrected chi connectivity index (χ4v) is 6.21. The molecule has 0 amide bonds. The molecule has 3 aromatic carbocycles. The highest BCUT2D eigenvalue weighted by Crippen LogP contribution is 2.41. The van der Waals surface area contributed by atoms with Crippen LogP contribution in [-0.4, -0.2) is 52.7 Å². The van der Waals surface area contributed by atoms with E-state index in [1.807, 2.05) is 67.0 Å². The van der Waals surface area contributed by atoms with Crippen molar-refractivity contribution in [1.82, 2.24) is 19.9 Å². The van der Waals surface area contributed by atoms with Crippen LogP contribution in [0.2, 0.25) is 0 Å². The van der Waals surface area contributed by atoms with Gasteiger partial charge in [0.05, 0.1) is 24.9 Å². The molecule has 4 heterocycles. The molecule has 0 fully saturated rings. The lowest BCUT2D eigenvalue weighted by atomic mass is 9.98. The molecule has 2 aliphatic rings. The summed E-state index contributed by atoms with van der Waals surface area (Å²) in [5, 5.41) is 0.695. The van der Waals surface area contributed by atoms with E-state index in [0.29, 0.717) is 31.1 Å². The standard InChI is InChI=1S/C35H35N5O3/c1-3-39(4-2)16-18-42-27-12-9-23(10-13-27)26-20-36-35(37-21-26)40-22-29-32(38-30-8-6-5-7-28(30)34(29)41)33(40)25-11-14-31-24(19-25)15-17-43-31/h5-14,19-21,33H,3-4,15-18,22H2,1-2H3,(H,38,41). The number of likely N-dealkylation sites (N-methyl/N-ethyl adjacent to an activating group) is 1. The fourth-order valence-electron chi connectivity index (χ4n) is 6.21. The zero-order valence-electron chi connectivity index (χ0n) is 24.5. The van der Waals surface area contributed by atoms with Crippen molar-refractivity contribution in [2.24, 2.45) is 0 Å². The van der Waals surface area contributed by atoms with Crippen molar-refractivity contribution < 1.29 is 9.47 Å². The monoisotopic (exact) mass is 573 g/mol. The average molecular weight is 574 g/mol. The first-order valence-electron chi connectivity index (χ1n) is 15.1. The molecule has 0 bridgehead atoms. The van der Waals surface area contributed by atoms with Crippen molar-refractivity contribution in [3.05, 3.63) is 112 Å².